The Balaban J connectivity index is 2.27. The summed E-state index contributed by atoms with van der Waals surface area (Å²) in [5.41, 5.74) is 0.554. The van der Waals surface area contributed by atoms with Crippen LogP contribution in [0.5, 0.6) is 0 Å². The molecule has 5 heteroatoms. The van der Waals surface area contributed by atoms with Crippen molar-refractivity contribution >= 4 is 5.97 Å². The van der Waals surface area contributed by atoms with Gasteiger partial charge in [-0.25, -0.2) is 4.79 Å². The van der Waals surface area contributed by atoms with Crippen molar-refractivity contribution in [3.05, 3.63) is 17.5 Å². The largest absolute Gasteiger partial charge is 0.465 e. The van der Waals surface area contributed by atoms with Gasteiger partial charge in [-0.3, -0.25) is 4.68 Å². The van der Waals surface area contributed by atoms with Crippen LogP contribution in [0.3, 0.4) is 0 Å². The van der Waals surface area contributed by atoms with E-state index < -0.39 is 11.6 Å². The molecule has 1 heterocycles. The lowest BCUT2D eigenvalue weighted by atomic mass is 10.1. The van der Waals surface area contributed by atoms with Gasteiger partial charge in [0.1, 0.15) is 5.56 Å². The van der Waals surface area contributed by atoms with E-state index in [2.05, 4.69) is 9.84 Å². The molecule has 0 bridgehead atoms. The van der Waals surface area contributed by atoms with Gasteiger partial charge in [0.05, 0.1) is 24.6 Å². The van der Waals surface area contributed by atoms with Crippen LogP contribution in [-0.2, 0) is 18.2 Å². The molecule has 82 valence electrons. The minimum atomic E-state index is -0.628. The number of nitrogens with zero attached hydrogens (tertiary/aromatic N) is 2. The highest BCUT2D eigenvalue weighted by atomic mass is 16.5. The molecule has 1 aliphatic carbocycles. The van der Waals surface area contributed by atoms with Gasteiger partial charge in [0.15, 0.2) is 0 Å². The van der Waals surface area contributed by atoms with Crippen LogP contribution in [0.15, 0.2) is 6.20 Å². The molecule has 15 heavy (non-hydrogen) atoms. The molecule has 1 fully saturated rings. The Bertz CT molecular complexity index is 393. The molecule has 2 rings (SSSR count). The zero-order valence-electron chi connectivity index (χ0n) is 8.86. The molecule has 0 spiro atoms. The lowest BCUT2D eigenvalue weighted by molar-refractivity contribution is 0.0598. The number of rotatable bonds is 3. The van der Waals surface area contributed by atoms with E-state index in [0.29, 0.717) is 12.0 Å². The van der Waals surface area contributed by atoms with Crippen molar-refractivity contribution in [1.29, 1.82) is 0 Å². The zero-order valence-corrected chi connectivity index (χ0v) is 8.86. The number of aromatic nitrogens is 2. The van der Waals surface area contributed by atoms with Gasteiger partial charge in [-0.15, -0.1) is 0 Å². The second-order valence-electron chi connectivity index (χ2n) is 4.02. The number of carbonyl (C=O) groups excluding carboxylic acids is 1. The van der Waals surface area contributed by atoms with E-state index in [4.69, 9.17) is 0 Å². The van der Waals surface area contributed by atoms with E-state index >= 15 is 0 Å². The van der Waals surface area contributed by atoms with Crippen molar-refractivity contribution in [2.24, 2.45) is 7.05 Å². The molecular formula is C10H14N2O3. The highest BCUT2D eigenvalue weighted by molar-refractivity contribution is 5.90. The van der Waals surface area contributed by atoms with Crippen molar-refractivity contribution in [2.75, 3.05) is 7.11 Å². The van der Waals surface area contributed by atoms with Crippen molar-refractivity contribution in [3.63, 3.8) is 0 Å². The van der Waals surface area contributed by atoms with Crippen LogP contribution in [0, 0.1) is 0 Å². The number of aryl methyl sites for hydroxylation is 1. The van der Waals surface area contributed by atoms with Gasteiger partial charge in [0.25, 0.3) is 0 Å². The lowest BCUT2D eigenvalue weighted by Gasteiger charge is -2.09. The Morgan fingerprint density at radius 3 is 2.93 bits per heavy atom. The summed E-state index contributed by atoms with van der Waals surface area (Å²) in [6.07, 6.45) is 3.53. The number of esters is 1. The van der Waals surface area contributed by atoms with Gasteiger partial charge in [-0.05, 0) is 12.8 Å². The lowest BCUT2D eigenvalue weighted by Crippen LogP contribution is -2.17. The maximum atomic E-state index is 11.4. The first-order valence-corrected chi connectivity index (χ1v) is 4.87. The van der Waals surface area contributed by atoms with Crippen molar-refractivity contribution in [1.82, 2.24) is 9.78 Å². The number of carbonyl (C=O) groups is 1. The van der Waals surface area contributed by atoms with E-state index in [1.54, 1.807) is 11.7 Å². The smallest absolute Gasteiger partial charge is 0.341 e. The fraction of sp³-hybridized carbons (Fsp3) is 0.600. The first kappa shape index (κ1) is 10.2. The molecule has 1 saturated carbocycles. The highest BCUT2D eigenvalue weighted by Gasteiger charge is 2.42. The highest BCUT2D eigenvalue weighted by Crippen LogP contribution is 2.38. The van der Waals surface area contributed by atoms with Crippen LogP contribution in [0.25, 0.3) is 0 Å². The number of methoxy groups -OCH3 is 1. The van der Waals surface area contributed by atoms with Crippen LogP contribution in [0.4, 0.5) is 0 Å². The Kier molecular flexibility index (Phi) is 2.26. The number of hydrogen-bond acceptors (Lipinski definition) is 4. The number of hydrogen-bond donors (Lipinski definition) is 1. The van der Waals surface area contributed by atoms with Gasteiger partial charge in [0.2, 0.25) is 0 Å². The standard InChI is InChI=1S/C10H14N2O3/c1-12-8(5-10(14)3-4-10)7(6-11-12)9(13)15-2/h6,14H,3-5H2,1-2H3. The van der Waals surface area contributed by atoms with Crippen LogP contribution in [0.1, 0.15) is 28.9 Å². The summed E-state index contributed by atoms with van der Waals surface area (Å²) in [4.78, 5) is 11.4. The van der Waals surface area contributed by atoms with Crippen LogP contribution >= 0.6 is 0 Å². The second-order valence-corrected chi connectivity index (χ2v) is 4.02. The van der Waals surface area contributed by atoms with Crippen LogP contribution < -0.4 is 0 Å². The van der Waals surface area contributed by atoms with E-state index in [1.165, 1.54) is 13.3 Å². The maximum absolute atomic E-state index is 11.4. The molecule has 1 aromatic heterocycles. The van der Waals surface area contributed by atoms with Crippen molar-refractivity contribution < 1.29 is 14.6 Å². The predicted molar refractivity (Wildman–Crippen MR) is 52.4 cm³/mol. The molecule has 0 amide bonds. The topological polar surface area (TPSA) is 64.3 Å². The molecule has 0 atom stereocenters. The van der Waals surface area contributed by atoms with Gasteiger partial charge in [-0.2, -0.15) is 5.10 Å². The van der Waals surface area contributed by atoms with E-state index in [0.717, 1.165) is 18.5 Å². The molecule has 5 nitrogen and oxygen atoms in total. The summed E-state index contributed by atoms with van der Waals surface area (Å²) < 4.78 is 6.26. The minimum Gasteiger partial charge on any atom is -0.465 e. The van der Waals surface area contributed by atoms with E-state index in [-0.39, 0.29) is 0 Å². The third kappa shape index (κ3) is 1.87. The molecule has 0 radical (unpaired) electrons. The first-order chi connectivity index (χ1) is 7.06. The van der Waals surface area contributed by atoms with Gasteiger partial charge in [-0.1, -0.05) is 0 Å². The van der Waals surface area contributed by atoms with E-state index in [1.807, 2.05) is 0 Å². The van der Waals surface area contributed by atoms with Gasteiger partial charge in [0, 0.05) is 13.5 Å². The first-order valence-electron chi connectivity index (χ1n) is 4.87. The summed E-state index contributed by atoms with van der Waals surface area (Å²) in [6.45, 7) is 0. The van der Waals surface area contributed by atoms with Crippen LogP contribution in [-0.4, -0.2) is 33.6 Å². The maximum Gasteiger partial charge on any atom is 0.341 e. The molecular weight excluding hydrogens is 196 g/mol. The SMILES string of the molecule is COC(=O)c1cnn(C)c1CC1(O)CC1. The summed E-state index contributed by atoms with van der Waals surface area (Å²) in [7, 11) is 3.10. The van der Waals surface area contributed by atoms with Crippen LogP contribution in [0.2, 0.25) is 0 Å². The Hall–Kier alpha value is -1.36. The average molecular weight is 210 g/mol. The third-order valence-electron chi connectivity index (χ3n) is 2.79. The fourth-order valence-electron chi connectivity index (χ4n) is 1.59. The Morgan fingerprint density at radius 2 is 2.40 bits per heavy atom. The quantitative estimate of drug-likeness (QED) is 0.727. The second kappa shape index (κ2) is 3.34. The molecule has 1 aromatic rings. The third-order valence-corrected chi connectivity index (χ3v) is 2.79. The molecule has 0 aliphatic heterocycles. The number of aliphatic hydroxyl groups is 1. The Morgan fingerprint density at radius 1 is 1.73 bits per heavy atom. The average Bonchev–Trinajstić information content (AvgIpc) is 2.83. The predicted octanol–water partition coefficient (Wildman–Crippen LogP) is 0.274. The molecule has 0 aromatic carbocycles. The molecule has 0 unspecified atom stereocenters. The Labute approximate surface area is 87.7 Å². The summed E-state index contributed by atoms with van der Waals surface area (Å²) in [5.74, 6) is -0.401. The normalized spacial score (nSPS) is 17.5. The van der Waals surface area contributed by atoms with Gasteiger partial charge >= 0.3 is 5.97 Å². The van der Waals surface area contributed by atoms with Gasteiger partial charge < -0.3 is 9.84 Å². The van der Waals surface area contributed by atoms with Crippen molar-refractivity contribution in [3.8, 4) is 0 Å². The molecule has 1 N–H and O–H groups in total. The minimum absolute atomic E-state index is 0.401. The van der Waals surface area contributed by atoms with E-state index in [9.17, 15) is 9.90 Å². The summed E-state index contributed by atoms with van der Waals surface area (Å²) in [5, 5.41) is 13.8. The number of ether oxygens (including phenoxy) is 1. The molecule has 0 saturated heterocycles. The summed E-state index contributed by atoms with van der Waals surface area (Å²) >= 11 is 0. The monoisotopic (exact) mass is 210 g/mol. The fourth-order valence-corrected chi connectivity index (χ4v) is 1.59. The zero-order chi connectivity index (χ0) is 11.1. The molecule has 1 aliphatic rings. The van der Waals surface area contributed by atoms with Crippen molar-refractivity contribution in [2.45, 2.75) is 24.9 Å². The summed E-state index contributed by atoms with van der Waals surface area (Å²) in [6, 6.07) is 0.